The Morgan fingerprint density at radius 2 is 2.04 bits per heavy atom. The standard InChI is InChI=1S/C21H29N3O3/c1-21(2,3)27-20(26)23-17(12-11-16-8-5-4-6-9-16)14-19(25)24-13-7-10-18(24)15-22/h4-6,8-9,17-18H,7,10-14H2,1-3H3,(H,23,26)/t17-,18-/m0/s1. The largest absolute Gasteiger partial charge is 0.444 e. The van der Waals surface area contributed by atoms with E-state index in [1.54, 1.807) is 25.7 Å². The first kappa shape index (κ1) is 20.8. The molecular formula is C21H29N3O3. The van der Waals surface area contributed by atoms with Crippen LogP contribution in [-0.2, 0) is 16.0 Å². The van der Waals surface area contributed by atoms with Crippen LogP contribution in [-0.4, -0.2) is 41.1 Å². The lowest BCUT2D eigenvalue weighted by Gasteiger charge is -2.26. The number of carbonyl (C=O) groups excluding carboxylic acids is 2. The molecule has 1 aromatic carbocycles. The number of hydrogen-bond acceptors (Lipinski definition) is 4. The Balaban J connectivity index is 2.00. The first-order valence-corrected chi connectivity index (χ1v) is 9.51. The fraction of sp³-hybridized carbons (Fsp3) is 0.571. The van der Waals surface area contributed by atoms with Gasteiger partial charge in [0.2, 0.25) is 5.91 Å². The second-order valence-electron chi connectivity index (χ2n) is 7.95. The van der Waals surface area contributed by atoms with E-state index in [0.717, 1.165) is 24.8 Å². The number of rotatable bonds is 6. The summed E-state index contributed by atoms with van der Waals surface area (Å²) in [5, 5.41) is 12.1. The molecule has 0 spiro atoms. The van der Waals surface area contributed by atoms with Crippen LogP contribution in [0.15, 0.2) is 30.3 Å². The Labute approximate surface area is 161 Å². The number of hydrogen-bond donors (Lipinski definition) is 1. The number of nitrogens with zero attached hydrogens (tertiary/aromatic N) is 2. The van der Waals surface area contributed by atoms with Crippen LogP contribution in [0.1, 0.15) is 52.0 Å². The van der Waals surface area contributed by atoms with Crippen LogP contribution in [0.3, 0.4) is 0 Å². The van der Waals surface area contributed by atoms with Gasteiger partial charge in [-0.05, 0) is 52.0 Å². The zero-order valence-corrected chi connectivity index (χ0v) is 16.4. The van der Waals surface area contributed by atoms with Gasteiger partial charge >= 0.3 is 6.09 Å². The van der Waals surface area contributed by atoms with Crippen molar-refractivity contribution in [1.82, 2.24) is 10.2 Å². The average Bonchev–Trinajstić information content (AvgIpc) is 3.07. The summed E-state index contributed by atoms with van der Waals surface area (Å²) in [5.41, 5.74) is 0.552. The van der Waals surface area contributed by atoms with Gasteiger partial charge < -0.3 is 15.0 Å². The summed E-state index contributed by atoms with van der Waals surface area (Å²) < 4.78 is 5.34. The zero-order chi connectivity index (χ0) is 19.9. The zero-order valence-electron chi connectivity index (χ0n) is 16.4. The molecule has 1 N–H and O–H groups in total. The highest BCUT2D eigenvalue weighted by molar-refractivity contribution is 5.79. The minimum Gasteiger partial charge on any atom is -0.444 e. The molecule has 0 unspecified atom stereocenters. The predicted molar refractivity (Wildman–Crippen MR) is 103 cm³/mol. The van der Waals surface area contributed by atoms with Gasteiger partial charge in [-0.25, -0.2) is 4.79 Å². The summed E-state index contributed by atoms with van der Waals surface area (Å²) in [7, 11) is 0. The Morgan fingerprint density at radius 3 is 2.67 bits per heavy atom. The number of nitriles is 1. The summed E-state index contributed by atoms with van der Waals surface area (Å²) in [6, 6.07) is 11.4. The van der Waals surface area contributed by atoms with Crippen LogP contribution in [0.5, 0.6) is 0 Å². The van der Waals surface area contributed by atoms with E-state index in [0.29, 0.717) is 13.0 Å². The molecule has 1 heterocycles. The number of nitrogens with one attached hydrogen (secondary N) is 1. The first-order chi connectivity index (χ1) is 12.8. The van der Waals surface area contributed by atoms with Crippen molar-refractivity contribution in [2.45, 2.75) is 70.6 Å². The molecule has 1 saturated heterocycles. The summed E-state index contributed by atoms with van der Waals surface area (Å²) in [4.78, 5) is 26.5. The minimum atomic E-state index is -0.598. The molecule has 1 aliphatic rings. The van der Waals surface area contributed by atoms with Crippen molar-refractivity contribution >= 4 is 12.0 Å². The summed E-state index contributed by atoms with van der Waals surface area (Å²) in [5.74, 6) is -0.0897. The van der Waals surface area contributed by atoms with Crippen molar-refractivity contribution in [2.75, 3.05) is 6.54 Å². The second kappa shape index (κ2) is 9.40. The summed E-state index contributed by atoms with van der Waals surface area (Å²) >= 11 is 0. The smallest absolute Gasteiger partial charge is 0.407 e. The number of likely N-dealkylation sites (tertiary alicyclic amines) is 1. The highest BCUT2D eigenvalue weighted by Crippen LogP contribution is 2.19. The van der Waals surface area contributed by atoms with E-state index in [9.17, 15) is 14.9 Å². The van der Waals surface area contributed by atoms with Crippen molar-refractivity contribution in [3.8, 4) is 6.07 Å². The van der Waals surface area contributed by atoms with E-state index in [4.69, 9.17) is 4.74 Å². The molecule has 0 bridgehead atoms. The normalized spacial score (nSPS) is 17.9. The van der Waals surface area contributed by atoms with Gasteiger partial charge in [-0.2, -0.15) is 5.26 Å². The molecule has 146 valence electrons. The van der Waals surface area contributed by atoms with E-state index in [1.165, 1.54) is 0 Å². The minimum absolute atomic E-state index is 0.0897. The lowest BCUT2D eigenvalue weighted by molar-refractivity contribution is -0.131. The van der Waals surface area contributed by atoms with Gasteiger partial charge in [-0.15, -0.1) is 0 Å². The molecule has 1 fully saturated rings. The number of amides is 2. The third-order valence-electron chi connectivity index (χ3n) is 4.49. The fourth-order valence-electron chi connectivity index (χ4n) is 3.21. The molecule has 2 rings (SSSR count). The number of benzene rings is 1. The molecule has 1 aliphatic heterocycles. The predicted octanol–water partition coefficient (Wildman–Crippen LogP) is 3.42. The second-order valence-corrected chi connectivity index (χ2v) is 7.95. The molecule has 2 amide bonds. The third kappa shape index (κ3) is 6.93. The van der Waals surface area contributed by atoms with Crippen molar-refractivity contribution < 1.29 is 14.3 Å². The topological polar surface area (TPSA) is 82.4 Å². The Kier molecular flexibility index (Phi) is 7.23. The van der Waals surface area contributed by atoms with Crippen LogP contribution in [0, 0.1) is 11.3 Å². The molecule has 0 radical (unpaired) electrons. The van der Waals surface area contributed by atoms with Gasteiger partial charge in [0.25, 0.3) is 0 Å². The maximum atomic E-state index is 12.7. The maximum absolute atomic E-state index is 12.7. The first-order valence-electron chi connectivity index (χ1n) is 9.51. The summed E-state index contributed by atoms with van der Waals surface area (Å²) in [6.45, 7) is 6.02. The van der Waals surface area contributed by atoms with Crippen LogP contribution in [0.2, 0.25) is 0 Å². The van der Waals surface area contributed by atoms with E-state index in [-0.39, 0.29) is 24.4 Å². The number of alkyl carbamates (subject to hydrolysis) is 1. The van der Waals surface area contributed by atoms with Crippen LogP contribution < -0.4 is 5.32 Å². The van der Waals surface area contributed by atoms with Gasteiger partial charge in [-0.1, -0.05) is 30.3 Å². The SMILES string of the molecule is CC(C)(C)OC(=O)N[C@@H](CCc1ccccc1)CC(=O)N1CCC[C@H]1C#N. The molecule has 6 heteroatoms. The molecule has 0 aromatic heterocycles. The van der Waals surface area contributed by atoms with Gasteiger partial charge in [-0.3, -0.25) is 4.79 Å². The molecule has 0 aliphatic carbocycles. The highest BCUT2D eigenvalue weighted by Gasteiger charge is 2.30. The third-order valence-corrected chi connectivity index (χ3v) is 4.49. The van der Waals surface area contributed by atoms with E-state index >= 15 is 0 Å². The molecule has 6 nitrogen and oxygen atoms in total. The molecule has 0 saturated carbocycles. The summed E-state index contributed by atoms with van der Waals surface area (Å²) in [6.07, 6.45) is 2.58. The van der Waals surface area contributed by atoms with Gasteiger partial charge in [0.05, 0.1) is 6.07 Å². The van der Waals surface area contributed by atoms with Crippen LogP contribution in [0.25, 0.3) is 0 Å². The monoisotopic (exact) mass is 371 g/mol. The highest BCUT2D eigenvalue weighted by atomic mass is 16.6. The maximum Gasteiger partial charge on any atom is 0.407 e. The Morgan fingerprint density at radius 1 is 1.33 bits per heavy atom. The number of carbonyl (C=O) groups is 2. The average molecular weight is 371 g/mol. The van der Waals surface area contributed by atoms with E-state index < -0.39 is 11.7 Å². The van der Waals surface area contributed by atoms with Gasteiger partial charge in [0.15, 0.2) is 0 Å². The van der Waals surface area contributed by atoms with Gasteiger partial charge in [0, 0.05) is 19.0 Å². The van der Waals surface area contributed by atoms with Gasteiger partial charge in [0.1, 0.15) is 11.6 Å². The lowest BCUT2D eigenvalue weighted by Crippen LogP contribution is -2.44. The van der Waals surface area contributed by atoms with Crippen molar-refractivity contribution in [2.24, 2.45) is 0 Å². The van der Waals surface area contributed by atoms with Crippen LogP contribution >= 0.6 is 0 Å². The molecule has 2 atom stereocenters. The lowest BCUT2D eigenvalue weighted by atomic mass is 10.0. The Bertz CT molecular complexity index is 676. The van der Waals surface area contributed by atoms with Crippen molar-refractivity contribution in [1.29, 1.82) is 5.26 Å². The fourth-order valence-corrected chi connectivity index (χ4v) is 3.21. The molecule has 27 heavy (non-hydrogen) atoms. The molecule has 1 aromatic rings. The van der Waals surface area contributed by atoms with Crippen molar-refractivity contribution in [3.05, 3.63) is 35.9 Å². The van der Waals surface area contributed by atoms with E-state index in [1.807, 2.05) is 30.3 Å². The number of aryl methyl sites for hydroxylation is 1. The number of ether oxygens (including phenoxy) is 1. The van der Waals surface area contributed by atoms with Crippen molar-refractivity contribution in [3.63, 3.8) is 0 Å². The van der Waals surface area contributed by atoms with Crippen LogP contribution in [0.4, 0.5) is 4.79 Å². The quantitative estimate of drug-likeness (QED) is 0.831. The Hall–Kier alpha value is -2.55. The van der Waals surface area contributed by atoms with E-state index in [2.05, 4.69) is 11.4 Å². The molecular weight excluding hydrogens is 342 g/mol.